The predicted molar refractivity (Wildman–Crippen MR) is 142 cm³/mol. The van der Waals surface area contributed by atoms with E-state index >= 15 is 0 Å². The number of aliphatic carboxylic acids is 1. The van der Waals surface area contributed by atoms with Crippen molar-refractivity contribution in [1.82, 2.24) is 0 Å². The van der Waals surface area contributed by atoms with Crippen LogP contribution in [-0.4, -0.2) is 48.6 Å². The molecular weight excluding hydrogens is 454 g/mol. The molecule has 0 radical (unpaired) electrons. The van der Waals surface area contributed by atoms with Gasteiger partial charge in [-0.3, -0.25) is 4.79 Å². The van der Waals surface area contributed by atoms with Gasteiger partial charge in [0, 0.05) is 24.8 Å². The number of carboxylic acid groups (broad SMARTS) is 1. The highest BCUT2D eigenvalue weighted by molar-refractivity contribution is 5.68. The fraction of sp³-hybridized carbons (Fsp3) is 0.567. The van der Waals surface area contributed by atoms with Gasteiger partial charge in [0.2, 0.25) is 0 Å². The molecule has 2 N–H and O–H groups in total. The number of rotatable bonds is 12. The van der Waals surface area contributed by atoms with E-state index in [2.05, 4.69) is 17.0 Å². The van der Waals surface area contributed by atoms with Crippen LogP contribution in [0.3, 0.4) is 0 Å². The Morgan fingerprint density at radius 1 is 1.08 bits per heavy atom. The van der Waals surface area contributed by atoms with Crippen LogP contribution in [0.15, 0.2) is 42.5 Å². The Balaban J connectivity index is 1.33. The number of benzene rings is 2. The molecule has 2 aromatic rings. The quantitative estimate of drug-likeness (QED) is 0.395. The van der Waals surface area contributed by atoms with Gasteiger partial charge in [-0.25, -0.2) is 0 Å². The summed E-state index contributed by atoms with van der Waals surface area (Å²) in [4.78, 5) is 13.8. The number of nitrogens with zero attached hydrogens (tertiary/aromatic N) is 1. The number of carboxylic acids is 1. The topological polar surface area (TPSA) is 79.2 Å². The van der Waals surface area contributed by atoms with Crippen LogP contribution >= 0.6 is 0 Å². The van der Waals surface area contributed by atoms with Crippen LogP contribution in [0.4, 0.5) is 5.69 Å². The van der Waals surface area contributed by atoms with Crippen LogP contribution < -0.4 is 14.4 Å². The maximum atomic E-state index is 11.3. The molecule has 1 unspecified atom stereocenters. The Kier molecular flexibility index (Phi) is 8.45. The molecule has 196 valence electrons. The van der Waals surface area contributed by atoms with E-state index in [0.29, 0.717) is 24.9 Å². The van der Waals surface area contributed by atoms with Crippen molar-refractivity contribution in [3.8, 4) is 11.5 Å². The summed E-state index contributed by atoms with van der Waals surface area (Å²) in [5, 5.41) is 19.5. The Bertz CT molecular complexity index is 1020. The van der Waals surface area contributed by atoms with Crippen LogP contribution in [0.1, 0.15) is 69.4 Å². The number of ether oxygens (including phenoxy) is 2. The molecule has 1 heterocycles. The van der Waals surface area contributed by atoms with E-state index < -0.39 is 11.6 Å². The lowest BCUT2D eigenvalue weighted by atomic mass is 9.91. The van der Waals surface area contributed by atoms with E-state index in [9.17, 15) is 15.0 Å². The van der Waals surface area contributed by atoms with E-state index in [0.717, 1.165) is 62.3 Å². The highest BCUT2D eigenvalue weighted by Gasteiger charge is 2.34. The Labute approximate surface area is 215 Å². The largest absolute Gasteiger partial charge is 0.497 e. The van der Waals surface area contributed by atoms with Gasteiger partial charge in [-0.05, 0) is 99.5 Å². The third-order valence-corrected chi connectivity index (χ3v) is 7.61. The summed E-state index contributed by atoms with van der Waals surface area (Å²) in [6, 6.07) is 14.3. The van der Waals surface area contributed by atoms with E-state index in [-0.39, 0.29) is 12.3 Å². The number of aliphatic hydroxyl groups is 1. The maximum Gasteiger partial charge on any atom is 0.303 e. The van der Waals surface area contributed by atoms with E-state index in [4.69, 9.17) is 9.47 Å². The number of anilines is 1. The number of hydrogen-bond acceptors (Lipinski definition) is 5. The van der Waals surface area contributed by atoms with Crippen LogP contribution in [0.5, 0.6) is 11.5 Å². The monoisotopic (exact) mass is 495 g/mol. The lowest BCUT2D eigenvalue weighted by Gasteiger charge is -2.35. The molecule has 6 heteroatoms. The summed E-state index contributed by atoms with van der Waals surface area (Å²) in [6.45, 7) is 6.30. The number of aryl methyl sites for hydroxylation is 1. The molecular formula is C30H41NO5. The molecule has 1 aliphatic carbocycles. The Morgan fingerprint density at radius 2 is 1.83 bits per heavy atom. The van der Waals surface area contributed by atoms with Gasteiger partial charge in [0.25, 0.3) is 0 Å². The average Bonchev–Trinajstić information content (AvgIpc) is 3.70. The van der Waals surface area contributed by atoms with Gasteiger partial charge < -0.3 is 24.6 Å². The first-order chi connectivity index (χ1) is 17.2. The molecule has 1 aliphatic heterocycles. The molecule has 0 aromatic heterocycles. The molecule has 1 saturated carbocycles. The Hall–Kier alpha value is -2.73. The Morgan fingerprint density at radius 3 is 2.47 bits per heavy atom. The van der Waals surface area contributed by atoms with E-state index in [1.54, 1.807) is 7.11 Å². The average molecular weight is 496 g/mol. The first-order valence-electron chi connectivity index (χ1n) is 13.3. The predicted octanol–water partition coefficient (Wildman–Crippen LogP) is 5.66. The maximum absolute atomic E-state index is 11.3. The second-order valence-electron chi connectivity index (χ2n) is 11.2. The smallest absolute Gasteiger partial charge is 0.303 e. The SMILES string of the molecule is COc1ccc(CCC(C)(C)O)c(N2CCC(COc3cccc(C(CC(=O)O)C4CC4)c3)CC2)c1. The fourth-order valence-corrected chi connectivity index (χ4v) is 5.25. The number of hydrogen-bond donors (Lipinski definition) is 2. The number of methoxy groups -OCH3 is 1. The normalized spacial score (nSPS) is 17.6. The summed E-state index contributed by atoms with van der Waals surface area (Å²) in [6.07, 6.45) is 6.06. The third kappa shape index (κ3) is 7.39. The van der Waals surface area contributed by atoms with Crippen LogP contribution in [0, 0.1) is 11.8 Å². The van der Waals surface area contributed by atoms with Crippen molar-refractivity contribution in [2.75, 3.05) is 31.7 Å². The second kappa shape index (κ2) is 11.5. The van der Waals surface area contributed by atoms with E-state index in [1.807, 2.05) is 44.2 Å². The minimum absolute atomic E-state index is 0.0859. The van der Waals surface area contributed by atoms with Gasteiger partial charge in [-0.15, -0.1) is 0 Å². The standard InChI is InChI=1S/C30H41NO5/c1-30(2,34)14-11-23-9-10-25(35-3)18-28(23)31-15-12-21(13-16-31)20-36-26-6-4-5-24(17-26)27(19-29(32)33)22-7-8-22/h4-6,9-10,17-18,21-22,27,34H,7-8,11-16,19-20H2,1-3H3,(H,32,33). The van der Waals surface area contributed by atoms with Crippen molar-refractivity contribution in [2.24, 2.45) is 11.8 Å². The number of piperidine rings is 1. The van der Waals surface area contributed by atoms with Crippen molar-refractivity contribution < 1.29 is 24.5 Å². The van der Waals surface area contributed by atoms with Gasteiger partial charge in [-0.1, -0.05) is 18.2 Å². The molecule has 2 fully saturated rings. The van der Waals surface area contributed by atoms with Gasteiger partial charge >= 0.3 is 5.97 Å². The zero-order chi connectivity index (χ0) is 25.7. The summed E-state index contributed by atoms with van der Waals surface area (Å²) >= 11 is 0. The summed E-state index contributed by atoms with van der Waals surface area (Å²) in [5.41, 5.74) is 2.85. The molecule has 4 rings (SSSR count). The molecule has 1 saturated heterocycles. The van der Waals surface area contributed by atoms with Gasteiger partial charge in [-0.2, -0.15) is 0 Å². The second-order valence-corrected chi connectivity index (χ2v) is 11.2. The molecule has 0 spiro atoms. The molecule has 1 atom stereocenters. The van der Waals surface area contributed by atoms with Crippen LogP contribution in [-0.2, 0) is 11.2 Å². The fourth-order valence-electron chi connectivity index (χ4n) is 5.25. The first-order valence-corrected chi connectivity index (χ1v) is 13.3. The zero-order valence-corrected chi connectivity index (χ0v) is 21.9. The highest BCUT2D eigenvalue weighted by atomic mass is 16.5. The molecule has 36 heavy (non-hydrogen) atoms. The highest BCUT2D eigenvalue weighted by Crippen LogP contribution is 2.45. The van der Waals surface area contributed by atoms with Crippen molar-refractivity contribution in [3.05, 3.63) is 53.6 Å². The lowest BCUT2D eigenvalue weighted by Crippen LogP contribution is -2.36. The number of carbonyl (C=O) groups is 1. The molecule has 0 amide bonds. The van der Waals surface area contributed by atoms with Crippen molar-refractivity contribution >= 4 is 11.7 Å². The van der Waals surface area contributed by atoms with Gasteiger partial charge in [0.1, 0.15) is 11.5 Å². The first kappa shape index (κ1) is 26.3. The van der Waals surface area contributed by atoms with Crippen molar-refractivity contribution in [1.29, 1.82) is 0 Å². The van der Waals surface area contributed by atoms with Gasteiger partial charge in [0.05, 0.1) is 25.7 Å². The molecule has 0 bridgehead atoms. The minimum atomic E-state index is -0.732. The third-order valence-electron chi connectivity index (χ3n) is 7.61. The van der Waals surface area contributed by atoms with Crippen molar-refractivity contribution in [3.63, 3.8) is 0 Å². The molecule has 2 aromatic carbocycles. The zero-order valence-electron chi connectivity index (χ0n) is 21.9. The van der Waals surface area contributed by atoms with Crippen LogP contribution in [0.25, 0.3) is 0 Å². The van der Waals surface area contributed by atoms with Gasteiger partial charge in [0.15, 0.2) is 0 Å². The van der Waals surface area contributed by atoms with E-state index in [1.165, 1.54) is 11.3 Å². The molecule has 2 aliphatic rings. The van der Waals surface area contributed by atoms with Crippen molar-refractivity contribution in [2.45, 2.75) is 70.3 Å². The van der Waals surface area contributed by atoms with Crippen LogP contribution in [0.2, 0.25) is 0 Å². The summed E-state index contributed by atoms with van der Waals surface area (Å²) in [5.74, 6) is 2.02. The minimum Gasteiger partial charge on any atom is -0.497 e. The molecule has 6 nitrogen and oxygen atoms in total. The summed E-state index contributed by atoms with van der Waals surface area (Å²) < 4.78 is 11.7. The summed E-state index contributed by atoms with van der Waals surface area (Å²) in [7, 11) is 1.70. The lowest BCUT2D eigenvalue weighted by molar-refractivity contribution is -0.137.